The molecule has 0 bridgehead atoms. The van der Waals surface area contributed by atoms with Crippen molar-refractivity contribution in [3.8, 4) is 0 Å². The smallest absolute Gasteiger partial charge is 0.131 e. The predicted molar refractivity (Wildman–Crippen MR) is 96.6 cm³/mol. The third-order valence-electron chi connectivity index (χ3n) is 4.34. The van der Waals surface area contributed by atoms with Crippen LogP contribution in [0.15, 0.2) is 36.1 Å². The molecule has 0 spiro atoms. The van der Waals surface area contributed by atoms with Crippen molar-refractivity contribution in [3.63, 3.8) is 0 Å². The Morgan fingerprint density at radius 2 is 2.23 bits per heavy atom. The SMILES string of the molecule is CCCN(C)c1ccnc(NC(C)C2=CCC(C)C=C2)c1C. The summed E-state index contributed by atoms with van der Waals surface area (Å²) >= 11 is 0. The first-order valence-electron chi connectivity index (χ1n) is 8.34. The first kappa shape index (κ1) is 16.6. The van der Waals surface area contributed by atoms with Crippen LogP contribution < -0.4 is 10.2 Å². The summed E-state index contributed by atoms with van der Waals surface area (Å²) in [5, 5.41) is 3.57. The van der Waals surface area contributed by atoms with Gasteiger partial charge in [-0.05, 0) is 44.2 Å². The number of allylic oxidation sites excluding steroid dienone is 2. The van der Waals surface area contributed by atoms with E-state index in [1.807, 2.05) is 6.20 Å². The van der Waals surface area contributed by atoms with E-state index in [2.05, 4.69) is 74.2 Å². The van der Waals surface area contributed by atoms with Crippen molar-refractivity contribution in [2.45, 2.75) is 46.6 Å². The number of hydrogen-bond acceptors (Lipinski definition) is 3. The number of nitrogens with one attached hydrogen (secondary N) is 1. The van der Waals surface area contributed by atoms with Crippen LogP contribution >= 0.6 is 0 Å². The van der Waals surface area contributed by atoms with Gasteiger partial charge in [-0.2, -0.15) is 0 Å². The summed E-state index contributed by atoms with van der Waals surface area (Å²) in [7, 11) is 2.15. The molecule has 2 unspecified atom stereocenters. The lowest BCUT2D eigenvalue weighted by molar-refractivity contribution is 0.721. The van der Waals surface area contributed by atoms with Crippen molar-refractivity contribution in [2.75, 3.05) is 23.8 Å². The van der Waals surface area contributed by atoms with E-state index in [0.29, 0.717) is 5.92 Å². The molecule has 0 saturated carbocycles. The molecule has 3 heteroatoms. The Hall–Kier alpha value is -1.77. The van der Waals surface area contributed by atoms with Gasteiger partial charge in [-0.1, -0.05) is 32.1 Å². The summed E-state index contributed by atoms with van der Waals surface area (Å²) in [6.07, 6.45) is 11.0. The van der Waals surface area contributed by atoms with Crippen LogP contribution in [0.3, 0.4) is 0 Å². The van der Waals surface area contributed by atoms with Gasteiger partial charge in [0.05, 0.1) is 0 Å². The van der Waals surface area contributed by atoms with Crippen LogP contribution in [0.2, 0.25) is 0 Å². The maximum atomic E-state index is 4.54. The number of aromatic nitrogens is 1. The zero-order chi connectivity index (χ0) is 16.1. The normalized spacial score (nSPS) is 18.8. The minimum atomic E-state index is 0.279. The number of hydrogen-bond donors (Lipinski definition) is 1. The number of pyridine rings is 1. The molecular formula is C19H29N3. The first-order chi connectivity index (χ1) is 10.5. The molecule has 120 valence electrons. The average Bonchev–Trinajstić information content (AvgIpc) is 2.50. The predicted octanol–water partition coefficient (Wildman–Crippen LogP) is 4.56. The molecule has 0 fully saturated rings. The van der Waals surface area contributed by atoms with Crippen LogP contribution in [0.25, 0.3) is 0 Å². The lowest BCUT2D eigenvalue weighted by atomic mass is 9.95. The molecule has 0 radical (unpaired) electrons. The summed E-state index contributed by atoms with van der Waals surface area (Å²) in [6.45, 7) is 9.87. The van der Waals surface area contributed by atoms with E-state index in [1.54, 1.807) is 0 Å². The Bertz CT molecular complexity index is 560. The highest BCUT2D eigenvalue weighted by Crippen LogP contribution is 2.26. The molecule has 1 aromatic heterocycles. The highest BCUT2D eigenvalue weighted by atomic mass is 15.1. The Kier molecular flexibility index (Phi) is 5.64. The highest BCUT2D eigenvalue weighted by Gasteiger charge is 2.14. The zero-order valence-corrected chi connectivity index (χ0v) is 14.6. The monoisotopic (exact) mass is 299 g/mol. The minimum absolute atomic E-state index is 0.279. The molecule has 1 aromatic rings. The van der Waals surface area contributed by atoms with Gasteiger partial charge >= 0.3 is 0 Å². The average molecular weight is 299 g/mol. The lowest BCUT2D eigenvalue weighted by Gasteiger charge is -2.24. The third-order valence-corrected chi connectivity index (χ3v) is 4.34. The van der Waals surface area contributed by atoms with Gasteiger partial charge in [-0.25, -0.2) is 4.98 Å². The van der Waals surface area contributed by atoms with Gasteiger partial charge in [-0.3, -0.25) is 0 Å². The Balaban J connectivity index is 2.13. The summed E-state index contributed by atoms with van der Waals surface area (Å²) in [4.78, 5) is 6.84. The summed E-state index contributed by atoms with van der Waals surface area (Å²) in [6, 6.07) is 2.38. The number of anilines is 2. The van der Waals surface area contributed by atoms with E-state index in [0.717, 1.165) is 25.2 Å². The Morgan fingerprint density at radius 1 is 1.45 bits per heavy atom. The van der Waals surface area contributed by atoms with Gasteiger partial charge in [0.15, 0.2) is 0 Å². The van der Waals surface area contributed by atoms with E-state index >= 15 is 0 Å². The van der Waals surface area contributed by atoms with Crippen LogP contribution in [-0.2, 0) is 0 Å². The molecule has 0 saturated heterocycles. The van der Waals surface area contributed by atoms with Crippen molar-refractivity contribution in [1.29, 1.82) is 0 Å². The molecule has 0 aromatic carbocycles. The fourth-order valence-corrected chi connectivity index (χ4v) is 2.89. The fraction of sp³-hybridized carbons (Fsp3) is 0.526. The molecule has 0 aliphatic heterocycles. The lowest BCUT2D eigenvalue weighted by Crippen LogP contribution is -2.22. The Morgan fingerprint density at radius 3 is 2.86 bits per heavy atom. The van der Waals surface area contributed by atoms with Crippen LogP contribution in [-0.4, -0.2) is 24.6 Å². The molecule has 0 amide bonds. The molecule has 1 aliphatic carbocycles. The second-order valence-electron chi connectivity index (χ2n) is 6.37. The van der Waals surface area contributed by atoms with Crippen molar-refractivity contribution in [2.24, 2.45) is 5.92 Å². The number of rotatable bonds is 6. The van der Waals surface area contributed by atoms with Gasteiger partial charge in [0, 0.05) is 37.1 Å². The number of nitrogens with zero attached hydrogens (tertiary/aromatic N) is 2. The molecule has 22 heavy (non-hydrogen) atoms. The molecule has 2 atom stereocenters. The maximum absolute atomic E-state index is 4.54. The van der Waals surface area contributed by atoms with Crippen molar-refractivity contribution < 1.29 is 0 Å². The fourth-order valence-electron chi connectivity index (χ4n) is 2.89. The largest absolute Gasteiger partial charge is 0.374 e. The van der Waals surface area contributed by atoms with E-state index in [4.69, 9.17) is 0 Å². The van der Waals surface area contributed by atoms with E-state index in [9.17, 15) is 0 Å². The first-order valence-corrected chi connectivity index (χ1v) is 8.34. The van der Waals surface area contributed by atoms with E-state index < -0.39 is 0 Å². The minimum Gasteiger partial charge on any atom is -0.374 e. The van der Waals surface area contributed by atoms with Gasteiger partial charge < -0.3 is 10.2 Å². The second-order valence-corrected chi connectivity index (χ2v) is 6.37. The summed E-state index contributed by atoms with van der Waals surface area (Å²) in [5.41, 5.74) is 3.83. The van der Waals surface area contributed by atoms with Crippen LogP contribution in [0.4, 0.5) is 11.5 Å². The molecular weight excluding hydrogens is 270 g/mol. The van der Waals surface area contributed by atoms with Gasteiger partial charge in [0.2, 0.25) is 0 Å². The topological polar surface area (TPSA) is 28.2 Å². The van der Waals surface area contributed by atoms with Crippen molar-refractivity contribution >= 4 is 11.5 Å². The van der Waals surface area contributed by atoms with Crippen LogP contribution in [0.1, 0.15) is 39.2 Å². The molecule has 2 rings (SSSR count). The highest BCUT2D eigenvalue weighted by molar-refractivity contribution is 5.62. The summed E-state index contributed by atoms with van der Waals surface area (Å²) in [5.74, 6) is 1.64. The second kappa shape index (κ2) is 7.48. The molecule has 1 aliphatic rings. The van der Waals surface area contributed by atoms with E-state index in [-0.39, 0.29) is 6.04 Å². The summed E-state index contributed by atoms with van der Waals surface area (Å²) < 4.78 is 0. The Labute approximate surface area is 135 Å². The van der Waals surface area contributed by atoms with Crippen LogP contribution in [0, 0.1) is 12.8 Å². The van der Waals surface area contributed by atoms with Crippen molar-refractivity contribution in [1.82, 2.24) is 4.98 Å². The van der Waals surface area contributed by atoms with E-state index in [1.165, 1.54) is 16.8 Å². The van der Waals surface area contributed by atoms with Gasteiger partial charge in [0.25, 0.3) is 0 Å². The zero-order valence-electron chi connectivity index (χ0n) is 14.6. The quantitative estimate of drug-likeness (QED) is 0.834. The standard InChI is InChI=1S/C19H29N3/c1-6-13-22(5)18-11-12-20-19(15(18)3)21-16(4)17-9-7-14(2)8-10-17/h7,9-12,14,16H,6,8,13H2,1-5H3,(H,20,21). The molecule has 1 N–H and O–H groups in total. The molecule has 3 nitrogen and oxygen atoms in total. The van der Waals surface area contributed by atoms with Crippen molar-refractivity contribution in [3.05, 3.63) is 41.6 Å². The molecule has 1 heterocycles. The third kappa shape index (κ3) is 3.90. The van der Waals surface area contributed by atoms with Crippen LogP contribution in [0.5, 0.6) is 0 Å². The van der Waals surface area contributed by atoms with Gasteiger partial charge in [0.1, 0.15) is 5.82 Å². The maximum Gasteiger partial charge on any atom is 0.131 e. The van der Waals surface area contributed by atoms with Gasteiger partial charge in [-0.15, -0.1) is 0 Å².